The Balaban J connectivity index is 2.57. The van der Waals surface area contributed by atoms with E-state index in [0.717, 1.165) is 5.56 Å². The summed E-state index contributed by atoms with van der Waals surface area (Å²) in [5.41, 5.74) is 6.18. The molecule has 0 aliphatic heterocycles. The van der Waals surface area contributed by atoms with Gasteiger partial charge in [0.25, 0.3) is 0 Å². The van der Waals surface area contributed by atoms with Gasteiger partial charge in [-0.2, -0.15) is 5.26 Å². The summed E-state index contributed by atoms with van der Waals surface area (Å²) < 4.78 is 0. The zero-order valence-electron chi connectivity index (χ0n) is 9.18. The van der Waals surface area contributed by atoms with Crippen LogP contribution in [0.2, 0.25) is 0 Å². The van der Waals surface area contributed by atoms with Crippen molar-refractivity contribution < 1.29 is 4.79 Å². The molecule has 0 bridgehead atoms. The molecule has 0 aromatic heterocycles. The van der Waals surface area contributed by atoms with Gasteiger partial charge in [-0.1, -0.05) is 30.3 Å². The maximum Gasteiger partial charge on any atom is 0.234 e. The predicted molar refractivity (Wildman–Crippen MR) is 61.3 cm³/mol. The highest BCUT2D eigenvalue weighted by molar-refractivity contribution is 5.79. The topological polar surface area (TPSA) is 78.9 Å². The van der Waals surface area contributed by atoms with Gasteiger partial charge in [-0.15, -0.1) is 0 Å². The van der Waals surface area contributed by atoms with Crippen LogP contribution < -0.4 is 11.1 Å². The predicted octanol–water partition coefficient (Wildman–Crippen LogP) is 0.585. The lowest BCUT2D eigenvalue weighted by atomic mass is 10.1. The number of primary amides is 1. The second-order valence-corrected chi connectivity index (χ2v) is 3.66. The summed E-state index contributed by atoms with van der Waals surface area (Å²) in [5.74, 6) is -0.451. The zero-order chi connectivity index (χ0) is 12.0. The first-order chi connectivity index (χ1) is 7.63. The monoisotopic (exact) mass is 217 g/mol. The van der Waals surface area contributed by atoms with E-state index < -0.39 is 18.0 Å². The van der Waals surface area contributed by atoms with Crippen molar-refractivity contribution in [2.75, 3.05) is 0 Å². The second-order valence-electron chi connectivity index (χ2n) is 3.66. The normalized spacial score (nSPS) is 13.8. The molecule has 4 nitrogen and oxygen atoms in total. The molecule has 3 N–H and O–H groups in total. The van der Waals surface area contributed by atoms with E-state index in [1.165, 1.54) is 0 Å². The molecule has 0 spiro atoms. The smallest absolute Gasteiger partial charge is 0.234 e. The van der Waals surface area contributed by atoms with Crippen molar-refractivity contribution in [2.24, 2.45) is 5.73 Å². The Hall–Kier alpha value is -1.86. The van der Waals surface area contributed by atoms with E-state index in [4.69, 9.17) is 11.0 Å². The lowest BCUT2D eigenvalue weighted by Gasteiger charge is -2.15. The Morgan fingerprint density at radius 1 is 1.50 bits per heavy atom. The van der Waals surface area contributed by atoms with Crippen molar-refractivity contribution in [2.45, 2.75) is 25.4 Å². The Morgan fingerprint density at radius 2 is 2.12 bits per heavy atom. The summed E-state index contributed by atoms with van der Waals surface area (Å²) in [5, 5.41) is 11.8. The van der Waals surface area contributed by atoms with E-state index in [-0.39, 0.29) is 0 Å². The van der Waals surface area contributed by atoms with Gasteiger partial charge in [0.1, 0.15) is 0 Å². The standard InChI is InChI=1S/C12H15N3O/c1-9(12(14)16)15-11(8-13)7-10-5-3-2-4-6-10/h2-6,9,11,15H,7H2,1H3,(H2,14,16). The molecule has 0 saturated carbocycles. The van der Waals surface area contributed by atoms with E-state index in [2.05, 4.69) is 11.4 Å². The van der Waals surface area contributed by atoms with Crippen molar-refractivity contribution in [1.82, 2.24) is 5.32 Å². The lowest BCUT2D eigenvalue weighted by molar-refractivity contribution is -0.119. The van der Waals surface area contributed by atoms with Crippen LogP contribution in [0.3, 0.4) is 0 Å². The summed E-state index contributed by atoms with van der Waals surface area (Å²) in [6, 6.07) is 10.9. The number of hydrogen-bond donors (Lipinski definition) is 2. The molecule has 0 fully saturated rings. The molecule has 2 atom stereocenters. The molecular formula is C12H15N3O. The molecule has 1 aromatic carbocycles. The summed E-state index contributed by atoms with van der Waals surface area (Å²) in [4.78, 5) is 10.9. The van der Waals surface area contributed by atoms with E-state index in [1.54, 1.807) is 6.92 Å². The molecule has 1 amide bonds. The molecule has 16 heavy (non-hydrogen) atoms. The second kappa shape index (κ2) is 5.89. The van der Waals surface area contributed by atoms with Crippen LogP contribution in [0.25, 0.3) is 0 Å². The van der Waals surface area contributed by atoms with Crippen LogP contribution in [-0.2, 0) is 11.2 Å². The number of nitrogens with one attached hydrogen (secondary N) is 1. The first-order valence-electron chi connectivity index (χ1n) is 5.12. The number of carbonyl (C=O) groups is 1. The highest BCUT2D eigenvalue weighted by Crippen LogP contribution is 2.03. The minimum atomic E-state index is -0.492. The Morgan fingerprint density at radius 3 is 2.62 bits per heavy atom. The van der Waals surface area contributed by atoms with Gasteiger partial charge < -0.3 is 5.73 Å². The largest absolute Gasteiger partial charge is 0.368 e. The van der Waals surface area contributed by atoms with Gasteiger partial charge in [0.2, 0.25) is 5.91 Å². The third-order valence-corrected chi connectivity index (χ3v) is 2.32. The fraction of sp³-hybridized carbons (Fsp3) is 0.333. The SMILES string of the molecule is CC(NC(C#N)Cc1ccccc1)C(N)=O. The van der Waals surface area contributed by atoms with Gasteiger partial charge in [0, 0.05) is 6.42 Å². The number of hydrogen-bond acceptors (Lipinski definition) is 3. The summed E-state index contributed by atoms with van der Waals surface area (Å²) in [6.07, 6.45) is 0.564. The molecule has 2 unspecified atom stereocenters. The van der Waals surface area contributed by atoms with Crippen molar-refractivity contribution >= 4 is 5.91 Å². The van der Waals surface area contributed by atoms with Gasteiger partial charge in [-0.05, 0) is 12.5 Å². The third-order valence-electron chi connectivity index (χ3n) is 2.32. The van der Waals surface area contributed by atoms with Gasteiger partial charge in [-0.3, -0.25) is 10.1 Å². The molecule has 4 heteroatoms. The Kier molecular flexibility index (Phi) is 4.49. The minimum absolute atomic E-state index is 0.398. The number of nitrogens with two attached hydrogens (primary N) is 1. The highest BCUT2D eigenvalue weighted by atomic mass is 16.1. The molecule has 1 aromatic rings. The lowest BCUT2D eigenvalue weighted by Crippen LogP contribution is -2.44. The minimum Gasteiger partial charge on any atom is -0.368 e. The van der Waals surface area contributed by atoms with Crippen LogP contribution in [0.1, 0.15) is 12.5 Å². The van der Waals surface area contributed by atoms with E-state index >= 15 is 0 Å². The van der Waals surface area contributed by atoms with Crippen LogP contribution in [0.5, 0.6) is 0 Å². The van der Waals surface area contributed by atoms with Gasteiger partial charge in [0.15, 0.2) is 0 Å². The number of nitrogens with zero attached hydrogens (tertiary/aromatic N) is 1. The molecule has 0 heterocycles. The van der Waals surface area contributed by atoms with Crippen LogP contribution >= 0.6 is 0 Å². The van der Waals surface area contributed by atoms with Gasteiger partial charge in [0.05, 0.1) is 18.2 Å². The number of nitriles is 1. The third kappa shape index (κ3) is 3.71. The molecule has 0 aliphatic carbocycles. The quantitative estimate of drug-likeness (QED) is 0.757. The fourth-order valence-electron chi connectivity index (χ4n) is 1.38. The van der Waals surface area contributed by atoms with Crippen molar-refractivity contribution in [3.05, 3.63) is 35.9 Å². The molecule has 84 valence electrons. The number of carbonyl (C=O) groups excluding carboxylic acids is 1. The highest BCUT2D eigenvalue weighted by Gasteiger charge is 2.15. The van der Waals surface area contributed by atoms with E-state index in [0.29, 0.717) is 6.42 Å². The average Bonchev–Trinajstić information content (AvgIpc) is 2.29. The maximum atomic E-state index is 10.9. The number of amides is 1. The van der Waals surface area contributed by atoms with Crippen molar-refractivity contribution in [3.8, 4) is 6.07 Å². The molecule has 0 aliphatic rings. The Bertz CT molecular complexity index is 383. The van der Waals surface area contributed by atoms with Crippen LogP contribution in [-0.4, -0.2) is 18.0 Å². The van der Waals surface area contributed by atoms with Crippen molar-refractivity contribution in [3.63, 3.8) is 0 Å². The van der Waals surface area contributed by atoms with E-state index in [1.807, 2.05) is 30.3 Å². The van der Waals surface area contributed by atoms with Crippen LogP contribution in [0, 0.1) is 11.3 Å². The number of benzene rings is 1. The zero-order valence-corrected chi connectivity index (χ0v) is 9.18. The Labute approximate surface area is 95.1 Å². The molecular weight excluding hydrogens is 202 g/mol. The van der Waals surface area contributed by atoms with E-state index in [9.17, 15) is 4.79 Å². The molecule has 0 radical (unpaired) electrons. The van der Waals surface area contributed by atoms with Gasteiger partial charge in [-0.25, -0.2) is 0 Å². The first kappa shape index (κ1) is 12.2. The summed E-state index contributed by atoms with van der Waals surface area (Å²) >= 11 is 0. The first-order valence-corrected chi connectivity index (χ1v) is 5.12. The van der Waals surface area contributed by atoms with Crippen molar-refractivity contribution in [1.29, 1.82) is 5.26 Å². The number of rotatable bonds is 5. The summed E-state index contributed by atoms with van der Waals surface area (Å²) in [6.45, 7) is 1.65. The average molecular weight is 217 g/mol. The van der Waals surface area contributed by atoms with Crippen LogP contribution in [0.4, 0.5) is 0 Å². The summed E-state index contributed by atoms with van der Waals surface area (Å²) in [7, 11) is 0. The molecule has 1 rings (SSSR count). The van der Waals surface area contributed by atoms with Gasteiger partial charge >= 0.3 is 0 Å². The van der Waals surface area contributed by atoms with Crippen LogP contribution in [0.15, 0.2) is 30.3 Å². The molecule has 0 saturated heterocycles. The fourth-order valence-corrected chi connectivity index (χ4v) is 1.38. The maximum absolute atomic E-state index is 10.9.